The van der Waals surface area contributed by atoms with Crippen molar-refractivity contribution in [3.8, 4) is 28.7 Å². The molecule has 1 atom stereocenters. The van der Waals surface area contributed by atoms with E-state index in [4.69, 9.17) is 14.2 Å². The van der Waals surface area contributed by atoms with Crippen LogP contribution in [0.25, 0.3) is 5.57 Å². The molecule has 0 amide bonds. The van der Waals surface area contributed by atoms with E-state index >= 15 is 0 Å². The van der Waals surface area contributed by atoms with Crippen LogP contribution in [0.3, 0.4) is 0 Å². The molecule has 0 radical (unpaired) electrons. The molecule has 0 saturated heterocycles. The van der Waals surface area contributed by atoms with Crippen LogP contribution in [0.2, 0.25) is 0 Å². The van der Waals surface area contributed by atoms with Gasteiger partial charge in [0.15, 0.2) is 17.6 Å². The molecule has 170 valence electrons. The number of fused-ring (bicyclic) bond motifs is 1. The van der Waals surface area contributed by atoms with Gasteiger partial charge in [0.1, 0.15) is 17.2 Å². The molecule has 1 heterocycles. The van der Waals surface area contributed by atoms with Crippen molar-refractivity contribution in [1.82, 2.24) is 0 Å². The van der Waals surface area contributed by atoms with Gasteiger partial charge in [-0.1, -0.05) is 18.2 Å². The van der Waals surface area contributed by atoms with Gasteiger partial charge in [-0.15, -0.1) is 0 Å². The van der Waals surface area contributed by atoms with Gasteiger partial charge >= 0.3 is 5.97 Å². The topological polar surface area (TPSA) is 105 Å². The summed E-state index contributed by atoms with van der Waals surface area (Å²) in [6.45, 7) is 3.82. The second-order valence-electron chi connectivity index (χ2n) is 7.89. The Hall–Kier alpha value is -4.13. The molecule has 1 unspecified atom stereocenters. The van der Waals surface area contributed by atoms with Crippen molar-refractivity contribution in [2.45, 2.75) is 26.1 Å². The largest absolute Gasteiger partial charge is 0.504 e. The zero-order valence-electron chi connectivity index (χ0n) is 18.4. The molecule has 1 aliphatic rings. The Labute approximate surface area is 191 Å². The van der Waals surface area contributed by atoms with Gasteiger partial charge in [0.05, 0.1) is 18.8 Å². The van der Waals surface area contributed by atoms with Crippen molar-refractivity contribution < 1.29 is 34.3 Å². The smallest absolute Gasteiger partial charge is 0.336 e. The molecule has 0 fully saturated rings. The first-order valence-corrected chi connectivity index (χ1v) is 10.4. The zero-order valence-corrected chi connectivity index (χ0v) is 18.4. The van der Waals surface area contributed by atoms with Crippen LogP contribution >= 0.6 is 0 Å². The lowest BCUT2D eigenvalue weighted by Crippen LogP contribution is -2.23. The molecule has 0 saturated carbocycles. The Morgan fingerprint density at radius 2 is 1.64 bits per heavy atom. The van der Waals surface area contributed by atoms with E-state index in [0.29, 0.717) is 39.5 Å². The fourth-order valence-corrected chi connectivity index (χ4v) is 3.84. The molecule has 33 heavy (non-hydrogen) atoms. The summed E-state index contributed by atoms with van der Waals surface area (Å²) in [5.41, 5.74) is 2.10. The van der Waals surface area contributed by atoms with Crippen molar-refractivity contribution in [3.05, 3.63) is 82.9 Å². The summed E-state index contributed by atoms with van der Waals surface area (Å²) in [6, 6.07) is 16.5. The molecule has 3 aromatic rings. The van der Waals surface area contributed by atoms with E-state index < -0.39 is 12.1 Å². The molecule has 3 aromatic carbocycles. The third kappa shape index (κ3) is 4.30. The second kappa shape index (κ2) is 8.78. The van der Waals surface area contributed by atoms with Gasteiger partial charge in [-0.25, -0.2) is 4.79 Å². The van der Waals surface area contributed by atoms with E-state index in [2.05, 4.69) is 0 Å². The fourth-order valence-electron chi connectivity index (χ4n) is 3.84. The van der Waals surface area contributed by atoms with E-state index in [9.17, 15) is 20.1 Å². The van der Waals surface area contributed by atoms with Gasteiger partial charge in [0.2, 0.25) is 0 Å². The first-order valence-electron chi connectivity index (χ1n) is 10.4. The molecule has 4 rings (SSSR count). The number of methoxy groups -OCH3 is 1. The number of benzene rings is 3. The van der Waals surface area contributed by atoms with Crippen LogP contribution in [0.4, 0.5) is 0 Å². The van der Waals surface area contributed by atoms with Crippen molar-refractivity contribution in [3.63, 3.8) is 0 Å². The Morgan fingerprint density at radius 3 is 2.24 bits per heavy atom. The van der Waals surface area contributed by atoms with Crippen molar-refractivity contribution >= 4 is 11.5 Å². The van der Waals surface area contributed by atoms with Gasteiger partial charge in [-0.3, -0.25) is 0 Å². The summed E-state index contributed by atoms with van der Waals surface area (Å²) in [6.07, 6.45) is -1.08. The summed E-state index contributed by atoms with van der Waals surface area (Å²) >= 11 is 0. The van der Waals surface area contributed by atoms with Gasteiger partial charge < -0.3 is 29.5 Å². The molecule has 7 nitrogen and oxygen atoms in total. The second-order valence-corrected chi connectivity index (χ2v) is 7.89. The highest BCUT2D eigenvalue weighted by molar-refractivity contribution is 6.04. The first kappa shape index (κ1) is 22.1. The zero-order chi connectivity index (χ0) is 23.7. The summed E-state index contributed by atoms with van der Waals surface area (Å²) in [7, 11) is 1.56. The Kier molecular flexibility index (Phi) is 5.87. The number of hydrogen-bond donors (Lipinski definition) is 3. The monoisotopic (exact) mass is 448 g/mol. The van der Waals surface area contributed by atoms with Crippen LogP contribution in [0.5, 0.6) is 28.7 Å². The number of phenols is 2. The Morgan fingerprint density at radius 1 is 0.939 bits per heavy atom. The third-order valence-electron chi connectivity index (χ3n) is 5.28. The summed E-state index contributed by atoms with van der Waals surface area (Å²) in [4.78, 5) is 12.6. The van der Waals surface area contributed by atoms with Crippen LogP contribution in [0, 0.1) is 0 Å². The van der Waals surface area contributed by atoms with Gasteiger partial charge in [0.25, 0.3) is 0 Å². The van der Waals surface area contributed by atoms with Crippen LogP contribution in [0.1, 0.15) is 36.6 Å². The van der Waals surface area contributed by atoms with Gasteiger partial charge in [-0.2, -0.15) is 0 Å². The minimum Gasteiger partial charge on any atom is -0.504 e. The highest BCUT2D eigenvalue weighted by Gasteiger charge is 2.35. The Balaban J connectivity index is 1.97. The maximum Gasteiger partial charge on any atom is 0.336 e. The van der Waals surface area contributed by atoms with Crippen LogP contribution in [-0.2, 0) is 4.79 Å². The van der Waals surface area contributed by atoms with E-state index in [1.807, 2.05) is 13.8 Å². The van der Waals surface area contributed by atoms with E-state index in [0.717, 1.165) is 0 Å². The SMILES string of the molecule is COc1ccc(C2=C(C(=O)O)C(c3ccc(O)c(O)c3)Oc3ccc(OC(C)C)cc32)cc1. The number of hydrogen-bond acceptors (Lipinski definition) is 6. The molecule has 0 spiro atoms. The first-order chi connectivity index (χ1) is 15.8. The number of carboxylic acid groups (broad SMARTS) is 1. The molecular formula is C26H24O7. The summed E-state index contributed by atoms with van der Waals surface area (Å²) < 4.78 is 17.2. The van der Waals surface area contributed by atoms with Crippen molar-refractivity contribution in [2.75, 3.05) is 7.11 Å². The maximum atomic E-state index is 12.6. The normalized spacial score (nSPS) is 15.1. The highest BCUT2D eigenvalue weighted by Crippen LogP contribution is 2.47. The van der Waals surface area contributed by atoms with Gasteiger partial charge in [0, 0.05) is 16.7 Å². The van der Waals surface area contributed by atoms with Crippen LogP contribution in [0.15, 0.2) is 66.2 Å². The number of carboxylic acids is 1. The van der Waals surface area contributed by atoms with E-state index in [-0.39, 0.29) is 23.2 Å². The van der Waals surface area contributed by atoms with Crippen LogP contribution in [-0.4, -0.2) is 34.5 Å². The molecule has 1 aliphatic heterocycles. The van der Waals surface area contributed by atoms with Gasteiger partial charge in [-0.05, 0) is 61.9 Å². The minimum absolute atomic E-state index is 0.000506. The van der Waals surface area contributed by atoms with E-state index in [1.165, 1.54) is 18.2 Å². The lowest BCUT2D eigenvalue weighted by Gasteiger charge is -2.30. The number of phenolic OH excluding ortho intramolecular Hbond substituents is 2. The summed E-state index contributed by atoms with van der Waals surface area (Å²) in [5, 5.41) is 30.0. The number of aromatic hydroxyl groups is 2. The number of carbonyl (C=O) groups is 1. The fraction of sp³-hybridized carbons (Fsp3) is 0.192. The van der Waals surface area contributed by atoms with Crippen LogP contribution < -0.4 is 14.2 Å². The lowest BCUT2D eigenvalue weighted by atomic mass is 9.85. The summed E-state index contributed by atoms with van der Waals surface area (Å²) in [5.74, 6) is -0.136. The third-order valence-corrected chi connectivity index (χ3v) is 5.28. The number of aliphatic carboxylic acids is 1. The average molecular weight is 448 g/mol. The predicted octanol–water partition coefficient (Wildman–Crippen LogP) is 4.91. The minimum atomic E-state index is -1.17. The molecule has 3 N–H and O–H groups in total. The average Bonchev–Trinajstić information content (AvgIpc) is 2.79. The number of rotatable bonds is 6. The molecule has 0 aliphatic carbocycles. The van der Waals surface area contributed by atoms with Crippen molar-refractivity contribution in [1.29, 1.82) is 0 Å². The quantitative estimate of drug-likeness (QED) is 0.460. The maximum absolute atomic E-state index is 12.6. The predicted molar refractivity (Wildman–Crippen MR) is 122 cm³/mol. The lowest BCUT2D eigenvalue weighted by molar-refractivity contribution is -0.133. The molecular weight excluding hydrogens is 424 g/mol. The van der Waals surface area contributed by atoms with E-state index in [1.54, 1.807) is 49.6 Å². The molecule has 0 aromatic heterocycles. The molecule has 0 bridgehead atoms. The highest BCUT2D eigenvalue weighted by atomic mass is 16.5. The Bertz CT molecular complexity index is 1230. The number of ether oxygens (including phenoxy) is 3. The standard InChI is InChI=1S/C26H24O7/c1-14(2)32-18-9-11-22-19(13-18)23(15-4-7-17(31-3)8-5-15)24(26(29)30)25(33-22)16-6-10-20(27)21(28)12-16/h4-14,25,27-28H,1-3H3,(H,29,30). The molecule has 7 heteroatoms. The van der Waals surface area contributed by atoms with Crippen molar-refractivity contribution in [2.24, 2.45) is 0 Å².